The number of hydrogen-bond donors (Lipinski definition) is 3. The van der Waals surface area contributed by atoms with Crippen LogP contribution in [0.1, 0.15) is 72.6 Å². The second kappa shape index (κ2) is 11.0. The molecule has 0 unspecified atom stereocenters. The van der Waals surface area contributed by atoms with Gasteiger partial charge in [-0.05, 0) is 64.2 Å². The van der Waals surface area contributed by atoms with Crippen LogP contribution in [0, 0.1) is 17.8 Å². The van der Waals surface area contributed by atoms with Crippen molar-refractivity contribution < 1.29 is 14.4 Å². The number of amides is 1. The van der Waals surface area contributed by atoms with Gasteiger partial charge in [-0.25, -0.2) is 19.6 Å². The number of aromatic amines is 1. The molecule has 2 aliphatic carbocycles. The van der Waals surface area contributed by atoms with Gasteiger partial charge in [0.15, 0.2) is 11.5 Å². The smallest absolute Gasteiger partial charge is 0.439 e. The van der Waals surface area contributed by atoms with E-state index in [1.165, 1.54) is 37.0 Å². The topological polar surface area (TPSA) is 158 Å². The molecule has 6 rings (SSSR count). The Bertz CT molecular complexity index is 1450. The van der Waals surface area contributed by atoms with Crippen LogP contribution in [0.15, 0.2) is 9.32 Å². The standard InChI is InChI=1S/C28H41N9O4/c1-15-8-10-19(11-9-15)14-37-21-22(29-18(4)20-6-5-7-20)30-24(25-33-27(38)41-34-25)31-23(21)32-26(37)35-12-17(3)36(28(39)40)13-16(35)2/h15-20H,5-14H2,1-4H3,(H,39,40)(H,29,30,31)(H,33,34,38)/t15?,16-,17+,18-,19?/m1/s1. The Morgan fingerprint density at radius 3 is 2.46 bits per heavy atom. The van der Waals surface area contributed by atoms with E-state index in [1.807, 2.05) is 13.8 Å². The van der Waals surface area contributed by atoms with Crippen LogP contribution in [0.4, 0.5) is 16.6 Å². The average molecular weight is 568 g/mol. The Morgan fingerprint density at radius 1 is 1.07 bits per heavy atom. The lowest BCUT2D eigenvalue weighted by molar-refractivity contribution is 0.114. The molecule has 13 heteroatoms. The number of nitrogens with zero attached hydrogens (tertiary/aromatic N) is 7. The average Bonchev–Trinajstić information content (AvgIpc) is 3.49. The van der Waals surface area contributed by atoms with Crippen molar-refractivity contribution in [2.75, 3.05) is 23.3 Å². The lowest BCUT2D eigenvalue weighted by Crippen LogP contribution is -2.58. The summed E-state index contributed by atoms with van der Waals surface area (Å²) in [6.45, 7) is 10.2. The first-order valence-electron chi connectivity index (χ1n) is 15.0. The summed E-state index contributed by atoms with van der Waals surface area (Å²) in [7, 11) is 0. The summed E-state index contributed by atoms with van der Waals surface area (Å²) in [5, 5.41) is 17.3. The lowest BCUT2D eigenvalue weighted by atomic mass is 9.80. The van der Waals surface area contributed by atoms with Crippen molar-refractivity contribution in [3.63, 3.8) is 0 Å². The van der Waals surface area contributed by atoms with E-state index in [2.05, 4.69) is 38.8 Å². The number of anilines is 2. The van der Waals surface area contributed by atoms with Gasteiger partial charge in [0.05, 0.1) is 0 Å². The molecule has 0 radical (unpaired) electrons. The molecule has 13 nitrogen and oxygen atoms in total. The maximum atomic E-state index is 11.9. The van der Waals surface area contributed by atoms with Crippen molar-refractivity contribution in [2.45, 2.75) is 97.3 Å². The van der Waals surface area contributed by atoms with Crippen molar-refractivity contribution in [1.29, 1.82) is 0 Å². The van der Waals surface area contributed by atoms with Crippen LogP contribution in [0.3, 0.4) is 0 Å². The number of carbonyl (C=O) groups is 1. The van der Waals surface area contributed by atoms with E-state index < -0.39 is 11.8 Å². The molecule has 41 heavy (non-hydrogen) atoms. The number of fused-ring (bicyclic) bond motifs is 1. The van der Waals surface area contributed by atoms with E-state index in [0.29, 0.717) is 36.4 Å². The Labute approximate surface area is 238 Å². The fraction of sp³-hybridized carbons (Fsp3) is 0.714. The predicted octanol–water partition coefficient (Wildman–Crippen LogP) is 4.17. The van der Waals surface area contributed by atoms with E-state index in [-0.39, 0.29) is 29.8 Å². The van der Waals surface area contributed by atoms with Gasteiger partial charge >= 0.3 is 11.8 Å². The molecule has 0 spiro atoms. The van der Waals surface area contributed by atoms with Crippen LogP contribution >= 0.6 is 0 Å². The van der Waals surface area contributed by atoms with Crippen LogP contribution in [0.2, 0.25) is 0 Å². The fourth-order valence-electron chi connectivity index (χ4n) is 6.66. The molecule has 0 bridgehead atoms. The Hall–Kier alpha value is -3.64. The first kappa shape index (κ1) is 27.5. The highest BCUT2D eigenvalue weighted by Gasteiger charge is 2.36. The first-order chi connectivity index (χ1) is 19.7. The Morgan fingerprint density at radius 2 is 1.83 bits per heavy atom. The van der Waals surface area contributed by atoms with Gasteiger partial charge in [-0.2, -0.15) is 4.98 Å². The summed E-state index contributed by atoms with van der Waals surface area (Å²) in [5.41, 5.74) is 1.35. The Kier molecular flexibility index (Phi) is 7.37. The van der Waals surface area contributed by atoms with E-state index >= 15 is 0 Å². The number of aromatic nitrogens is 6. The van der Waals surface area contributed by atoms with Gasteiger partial charge in [-0.15, -0.1) is 0 Å². The number of rotatable bonds is 7. The molecule has 3 N–H and O–H groups in total. The molecule has 3 aromatic rings. The zero-order chi connectivity index (χ0) is 28.8. The van der Waals surface area contributed by atoms with Crippen molar-refractivity contribution in [3.8, 4) is 11.6 Å². The number of imidazole rings is 1. The molecule has 1 amide bonds. The highest BCUT2D eigenvalue weighted by atomic mass is 16.5. The minimum absolute atomic E-state index is 0.0751. The number of nitrogens with one attached hydrogen (secondary N) is 2. The van der Waals surface area contributed by atoms with Gasteiger partial charge < -0.3 is 24.8 Å². The van der Waals surface area contributed by atoms with Gasteiger partial charge in [-0.1, -0.05) is 31.3 Å². The zero-order valence-electron chi connectivity index (χ0n) is 24.3. The normalized spacial score (nSPS) is 26.2. The molecule has 1 saturated heterocycles. The number of piperazine rings is 1. The first-order valence-corrected chi connectivity index (χ1v) is 15.0. The van der Waals surface area contributed by atoms with Gasteiger partial charge in [0.2, 0.25) is 17.6 Å². The SMILES string of the molecule is CC1CCC(Cn2c(N3C[C@H](C)N(C(=O)O)C[C@H]3C)nc3nc(-c4noc(=O)[nH]4)nc(N[C@H](C)C4CCC4)c32)CC1. The third-order valence-electron chi connectivity index (χ3n) is 9.52. The largest absolute Gasteiger partial charge is 0.465 e. The van der Waals surface area contributed by atoms with Crippen LogP contribution in [-0.2, 0) is 6.54 Å². The van der Waals surface area contributed by atoms with Crippen LogP contribution in [0.25, 0.3) is 22.8 Å². The number of carboxylic acid groups (broad SMARTS) is 1. The summed E-state index contributed by atoms with van der Waals surface area (Å²) in [6, 6.07) is -0.0640. The van der Waals surface area contributed by atoms with Crippen molar-refractivity contribution >= 4 is 29.0 Å². The van der Waals surface area contributed by atoms with Crippen LogP contribution in [0.5, 0.6) is 0 Å². The predicted molar refractivity (Wildman–Crippen MR) is 154 cm³/mol. The molecule has 3 fully saturated rings. The molecule has 4 heterocycles. The van der Waals surface area contributed by atoms with Gasteiger partial charge in [-0.3, -0.25) is 9.51 Å². The highest BCUT2D eigenvalue weighted by molar-refractivity contribution is 5.87. The van der Waals surface area contributed by atoms with E-state index in [0.717, 1.165) is 36.8 Å². The third-order valence-corrected chi connectivity index (χ3v) is 9.52. The molecule has 0 aromatic carbocycles. The molecule has 1 aliphatic heterocycles. The fourth-order valence-corrected chi connectivity index (χ4v) is 6.66. The molecule has 3 aliphatic rings. The molecule has 2 saturated carbocycles. The number of hydrogen-bond acceptors (Lipinski definition) is 9. The van der Waals surface area contributed by atoms with Crippen molar-refractivity contribution in [1.82, 2.24) is 34.6 Å². The monoisotopic (exact) mass is 567 g/mol. The summed E-state index contributed by atoms with van der Waals surface area (Å²) in [5.74, 6) is 2.99. The minimum atomic E-state index is -0.901. The second-order valence-corrected chi connectivity index (χ2v) is 12.6. The summed E-state index contributed by atoms with van der Waals surface area (Å²) >= 11 is 0. The van der Waals surface area contributed by atoms with E-state index in [4.69, 9.17) is 19.5 Å². The highest BCUT2D eigenvalue weighted by Crippen LogP contribution is 2.37. The zero-order valence-corrected chi connectivity index (χ0v) is 24.3. The summed E-state index contributed by atoms with van der Waals surface area (Å²) in [6.07, 6.45) is 7.42. The van der Waals surface area contributed by atoms with Crippen LogP contribution < -0.4 is 16.0 Å². The quantitative estimate of drug-likeness (QED) is 0.378. The number of H-pyrrole nitrogens is 1. The maximum absolute atomic E-state index is 11.9. The van der Waals surface area contributed by atoms with Gasteiger partial charge in [0.1, 0.15) is 5.52 Å². The molecular formula is C28H41N9O4. The summed E-state index contributed by atoms with van der Waals surface area (Å²) < 4.78 is 7.02. The van der Waals surface area contributed by atoms with Gasteiger partial charge in [0.25, 0.3) is 0 Å². The minimum Gasteiger partial charge on any atom is -0.465 e. The third kappa shape index (κ3) is 5.38. The molecule has 3 aromatic heterocycles. The molecule has 3 atom stereocenters. The van der Waals surface area contributed by atoms with Crippen LogP contribution in [-0.4, -0.2) is 77.0 Å². The summed E-state index contributed by atoms with van der Waals surface area (Å²) in [4.78, 5) is 44.7. The maximum Gasteiger partial charge on any atom is 0.439 e. The Balaban J connectivity index is 1.47. The van der Waals surface area contributed by atoms with E-state index in [1.54, 1.807) is 0 Å². The van der Waals surface area contributed by atoms with Crippen molar-refractivity contribution in [3.05, 3.63) is 10.6 Å². The van der Waals surface area contributed by atoms with Crippen molar-refractivity contribution in [2.24, 2.45) is 17.8 Å². The lowest BCUT2D eigenvalue weighted by Gasteiger charge is -2.43. The van der Waals surface area contributed by atoms with Gasteiger partial charge in [0, 0.05) is 37.8 Å². The van der Waals surface area contributed by atoms with E-state index in [9.17, 15) is 14.7 Å². The molecular weight excluding hydrogens is 526 g/mol. The second-order valence-electron chi connectivity index (χ2n) is 12.6. The molecule has 222 valence electrons.